The summed E-state index contributed by atoms with van der Waals surface area (Å²) in [7, 11) is 0. The van der Waals surface area contributed by atoms with Crippen molar-refractivity contribution in [3.8, 4) is 0 Å². The van der Waals surface area contributed by atoms with Crippen molar-refractivity contribution in [1.29, 1.82) is 0 Å². The van der Waals surface area contributed by atoms with Crippen LogP contribution in [-0.2, 0) is 20.7 Å². The number of allylic oxidation sites excluding steroid dienone is 10. The summed E-state index contributed by atoms with van der Waals surface area (Å²) in [6, 6.07) is 0. The van der Waals surface area contributed by atoms with Crippen molar-refractivity contribution in [2.75, 3.05) is 0 Å². The predicted molar refractivity (Wildman–Crippen MR) is 152 cm³/mol. The van der Waals surface area contributed by atoms with Crippen LogP contribution in [0.5, 0.6) is 0 Å². The number of hydrogen-bond donors (Lipinski definition) is 0. The lowest BCUT2D eigenvalue weighted by Gasteiger charge is -2.41. The first-order chi connectivity index (χ1) is 20.2. The van der Waals surface area contributed by atoms with E-state index in [0.717, 1.165) is 19.3 Å². The maximum Gasteiger partial charge on any atom is 0.161 e. The molecule has 2 heteroatoms. The van der Waals surface area contributed by atoms with Gasteiger partial charge in [0.25, 0.3) is 0 Å². The average molecular weight is 519 g/mol. The molecule has 2 nitrogen and oxygen atoms in total. The van der Waals surface area contributed by atoms with Crippen molar-refractivity contribution in [3.05, 3.63) is 103 Å². The normalized spacial score (nSPS) is 51.2. The largest absolute Gasteiger partial charge is 0.348 e. The zero-order chi connectivity index (χ0) is 24.8. The topological polar surface area (TPSA) is 25.1 Å². The molecule has 3 aromatic rings. The molecule has 2 heterocycles. The van der Waals surface area contributed by atoms with Crippen LogP contribution >= 0.6 is 0 Å². The first kappa shape index (κ1) is 16.9. The van der Waals surface area contributed by atoms with Gasteiger partial charge in [-0.1, -0.05) is 36.5 Å². The smallest absolute Gasteiger partial charge is 0.161 e. The van der Waals surface area contributed by atoms with Gasteiger partial charge in [-0.15, -0.1) is 0 Å². The zero-order valence-corrected chi connectivity index (χ0v) is 21.9. The highest BCUT2D eigenvalue weighted by molar-refractivity contribution is 6.28. The summed E-state index contributed by atoms with van der Waals surface area (Å²) >= 11 is 0. The Morgan fingerprint density at radius 3 is 1.46 bits per heavy atom. The molecule has 2 saturated heterocycles. The summed E-state index contributed by atoms with van der Waals surface area (Å²) in [5, 5.41) is 6.70. The van der Waals surface area contributed by atoms with Crippen LogP contribution in [0.25, 0.3) is 43.8 Å². The van der Waals surface area contributed by atoms with Gasteiger partial charge in [-0.05, 0) is 119 Å². The maximum atomic E-state index is 7.63. The number of ether oxygens (including phenoxy) is 2. The van der Waals surface area contributed by atoms with Crippen LogP contribution in [0, 0.1) is 17.8 Å². The third kappa shape index (κ3) is 0.974. The lowest BCUT2D eigenvalue weighted by Crippen LogP contribution is -2.51. The molecule has 186 valence electrons. The van der Waals surface area contributed by atoms with Crippen LogP contribution in [-0.4, -0.2) is 11.2 Å². The highest BCUT2D eigenvalue weighted by atomic mass is 16.7. The molecule has 3 fully saturated rings. The summed E-state index contributed by atoms with van der Waals surface area (Å²) in [4.78, 5) is 0. The number of rotatable bonds is 0. The van der Waals surface area contributed by atoms with Crippen LogP contribution in [0.15, 0.2) is 47.6 Å². The fourth-order valence-electron chi connectivity index (χ4n) is 15.8. The quantitative estimate of drug-likeness (QED) is 0.180. The van der Waals surface area contributed by atoms with Crippen molar-refractivity contribution >= 4 is 43.8 Å². The third-order valence-electron chi connectivity index (χ3n) is 16.0. The molecule has 3 aromatic carbocycles. The second-order valence-corrected chi connectivity index (χ2v) is 16.3. The molecule has 0 bridgehead atoms. The molecular weight excluding hydrogens is 500 g/mol. The fourth-order valence-corrected chi connectivity index (χ4v) is 15.8. The van der Waals surface area contributed by atoms with Crippen LogP contribution < -0.4 is 0 Å². The molecule has 0 radical (unpaired) electrons. The number of hydrogen-bond acceptors (Lipinski definition) is 2. The molecule has 0 N–H and O–H groups in total. The van der Waals surface area contributed by atoms with Crippen LogP contribution in [0.1, 0.15) is 92.7 Å². The van der Waals surface area contributed by atoms with E-state index in [4.69, 9.17) is 9.47 Å². The maximum absolute atomic E-state index is 7.63. The average Bonchev–Trinajstić information content (AvgIpc) is 3.45. The molecule has 2 aliphatic heterocycles. The van der Waals surface area contributed by atoms with Crippen molar-refractivity contribution in [3.63, 3.8) is 0 Å². The standard InChI is InChI=1S/C39H18O2/c1-10-3-13-5-15-7-17-9-18-8-16-6-14-4-11-2-12(1)23-24-19(10)21(13)28-30-26(24)27-25(23)20(11)22(14)29-31(27)35-34(30)36(32(15)28)38(17,40-36)39(18)37(35,41-39)33(16)29/h1-2,5-8,12,15-16,23,32-33H,3-4,9H2. The van der Waals surface area contributed by atoms with Gasteiger partial charge >= 0.3 is 0 Å². The van der Waals surface area contributed by atoms with Gasteiger partial charge < -0.3 is 9.47 Å². The molecular formula is C39H18O2. The molecule has 15 aliphatic rings. The number of benzene rings is 3. The first-order valence-electron chi connectivity index (χ1n) is 16.2. The monoisotopic (exact) mass is 518 g/mol. The highest BCUT2D eigenvalue weighted by Crippen LogP contribution is 2.97. The van der Waals surface area contributed by atoms with E-state index < -0.39 is 0 Å². The third-order valence-corrected chi connectivity index (χ3v) is 16.0. The van der Waals surface area contributed by atoms with E-state index in [-0.39, 0.29) is 22.4 Å². The molecule has 18 rings (SSSR count). The Hall–Kier alpha value is -3.46. The molecule has 0 aromatic heterocycles. The lowest BCUT2D eigenvalue weighted by molar-refractivity contribution is 0.202. The lowest BCUT2D eigenvalue weighted by atomic mass is 9.53. The van der Waals surface area contributed by atoms with Gasteiger partial charge in [0.15, 0.2) is 11.2 Å². The van der Waals surface area contributed by atoms with Gasteiger partial charge in [-0.3, -0.25) is 0 Å². The van der Waals surface area contributed by atoms with Gasteiger partial charge in [0.2, 0.25) is 0 Å². The Balaban J connectivity index is 1.28. The van der Waals surface area contributed by atoms with Gasteiger partial charge in [-0.2, -0.15) is 0 Å². The highest BCUT2D eigenvalue weighted by Gasteiger charge is 3.04. The van der Waals surface area contributed by atoms with Crippen LogP contribution in [0.2, 0.25) is 0 Å². The molecule has 8 atom stereocenters. The minimum absolute atomic E-state index is 0.221. The molecule has 8 unspecified atom stereocenters. The summed E-state index contributed by atoms with van der Waals surface area (Å²) < 4.78 is 15.3. The predicted octanol–water partition coefficient (Wildman–Crippen LogP) is 7.10. The van der Waals surface area contributed by atoms with Crippen molar-refractivity contribution < 1.29 is 9.47 Å². The van der Waals surface area contributed by atoms with E-state index in [2.05, 4.69) is 36.5 Å². The Bertz CT molecular complexity index is 2440. The molecule has 41 heavy (non-hydrogen) atoms. The minimum atomic E-state index is -0.267. The molecule has 4 spiro atoms. The summed E-state index contributed by atoms with van der Waals surface area (Å²) in [5.74, 6) is 2.72. The van der Waals surface area contributed by atoms with E-state index >= 15 is 0 Å². The Labute approximate surface area is 233 Å². The zero-order valence-electron chi connectivity index (χ0n) is 21.9. The van der Waals surface area contributed by atoms with Crippen molar-refractivity contribution in [2.24, 2.45) is 17.8 Å². The Morgan fingerprint density at radius 2 is 0.951 bits per heavy atom. The van der Waals surface area contributed by atoms with Crippen molar-refractivity contribution in [1.82, 2.24) is 0 Å². The first-order valence-corrected chi connectivity index (χ1v) is 16.2. The Morgan fingerprint density at radius 1 is 0.488 bits per heavy atom. The minimum Gasteiger partial charge on any atom is -0.348 e. The van der Waals surface area contributed by atoms with Gasteiger partial charge in [0, 0.05) is 46.6 Å². The number of epoxide rings is 2. The molecule has 1 saturated carbocycles. The van der Waals surface area contributed by atoms with Crippen LogP contribution in [0.4, 0.5) is 0 Å². The van der Waals surface area contributed by atoms with E-state index in [1.54, 1.807) is 111 Å². The summed E-state index contributed by atoms with van der Waals surface area (Å²) in [6.45, 7) is 0. The fraction of sp³-hybridized carbons (Fsp3) is 0.333. The second kappa shape index (κ2) is 3.85. The molecule has 13 aliphatic carbocycles. The van der Waals surface area contributed by atoms with Gasteiger partial charge in [0.05, 0.1) is 0 Å². The summed E-state index contributed by atoms with van der Waals surface area (Å²) in [5.41, 5.74) is 25.5. The van der Waals surface area contributed by atoms with Gasteiger partial charge in [0.1, 0.15) is 11.2 Å². The van der Waals surface area contributed by atoms with Crippen molar-refractivity contribution in [2.45, 2.75) is 59.4 Å². The Kier molecular flexibility index (Phi) is 1.58. The second-order valence-electron chi connectivity index (χ2n) is 16.3. The van der Waals surface area contributed by atoms with Gasteiger partial charge in [-0.25, -0.2) is 0 Å². The molecule has 0 amide bonds. The van der Waals surface area contributed by atoms with E-state index in [9.17, 15) is 0 Å². The SMILES string of the molecule is C1=C2CC3=CC4C=C5CC6=CC7C=C8CC9=CC1C1c%10c2c3c2c3c%10c%10c%11c%12c(c6c5c(c%123)C24)C7C%112OC82C92OC%1012. The van der Waals surface area contributed by atoms with Crippen LogP contribution in [0.3, 0.4) is 0 Å². The van der Waals surface area contributed by atoms with E-state index in [1.165, 1.54) is 0 Å². The summed E-state index contributed by atoms with van der Waals surface area (Å²) in [6.07, 6.45) is 19.6. The van der Waals surface area contributed by atoms with E-state index in [0.29, 0.717) is 35.5 Å². The van der Waals surface area contributed by atoms with E-state index in [1.807, 2.05) is 0 Å².